The molecule has 2 saturated heterocycles. The van der Waals surface area contributed by atoms with E-state index in [0.29, 0.717) is 11.3 Å². The zero-order valence-corrected chi connectivity index (χ0v) is 11.5. The Morgan fingerprint density at radius 1 is 1.18 bits per heavy atom. The molecule has 3 nitrogen and oxygen atoms in total. The number of carbonyl (C=O) groups is 1. The van der Waals surface area contributed by atoms with E-state index in [2.05, 4.69) is 16.7 Å². The molecule has 0 N–H and O–H groups in total. The van der Waals surface area contributed by atoms with Crippen LogP contribution in [0.2, 0.25) is 0 Å². The van der Waals surface area contributed by atoms with Gasteiger partial charge in [-0.05, 0) is 44.3 Å². The summed E-state index contributed by atoms with van der Waals surface area (Å²) in [6.45, 7) is 11.9. The number of piperidine rings is 1. The van der Waals surface area contributed by atoms with Crippen LogP contribution in [0.4, 0.5) is 0 Å². The summed E-state index contributed by atoms with van der Waals surface area (Å²) in [7, 11) is 0. The molecule has 0 radical (unpaired) electrons. The zero-order chi connectivity index (χ0) is 12.5. The quantitative estimate of drug-likeness (QED) is 0.734. The monoisotopic (exact) mass is 238 g/mol. The van der Waals surface area contributed by atoms with E-state index in [1.165, 1.54) is 38.9 Å². The van der Waals surface area contributed by atoms with Crippen LogP contribution in [0, 0.1) is 11.3 Å². The lowest BCUT2D eigenvalue weighted by Crippen LogP contribution is -2.42. The summed E-state index contributed by atoms with van der Waals surface area (Å²) < 4.78 is 0. The molecule has 2 fully saturated rings. The van der Waals surface area contributed by atoms with Gasteiger partial charge in [0.05, 0.1) is 0 Å². The molecule has 0 aromatic carbocycles. The number of nitrogens with zero attached hydrogens (tertiary/aromatic N) is 2. The predicted molar refractivity (Wildman–Crippen MR) is 69.8 cm³/mol. The second-order valence-corrected chi connectivity index (χ2v) is 6.10. The van der Waals surface area contributed by atoms with E-state index in [-0.39, 0.29) is 5.92 Å². The average molecular weight is 238 g/mol. The van der Waals surface area contributed by atoms with Crippen molar-refractivity contribution in [3.63, 3.8) is 0 Å². The smallest absolute Gasteiger partial charge is 0.225 e. The molecule has 0 aromatic rings. The zero-order valence-electron chi connectivity index (χ0n) is 11.5. The van der Waals surface area contributed by atoms with E-state index in [9.17, 15) is 4.79 Å². The van der Waals surface area contributed by atoms with Crippen LogP contribution in [0.25, 0.3) is 0 Å². The van der Waals surface area contributed by atoms with E-state index in [4.69, 9.17) is 0 Å². The fourth-order valence-corrected chi connectivity index (χ4v) is 3.24. The number of hydrogen-bond donors (Lipinski definition) is 0. The number of hydrogen-bond acceptors (Lipinski definition) is 2. The van der Waals surface area contributed by atoms with Crippen molar-refractivity contribution in [2.45, 2.75) is 40.0 Å². The summed E-state index contributed by atoms with van der Waals surface area (Å²) in [5.74, 6) is 0.501. The third-order valence-corrected chi connectivity index (χ3v) is 4.61. The van der Waals surface area contributed by atoms with Crippen molar-refractivity contribution in [1.29, 1.82) is 0 Å². The van der Waals surface area contributed by atoms with Crippen LogP contribution in [0.5, 0.6) is 0 Å². The van der Waals surface area contributed by atoms with Gasteiger partial charge in [-0.25, -0.2) is 0 Å². The Kier molecular flexibility index (Phi) is 3.76. The first-order valence-corrected chi connectivity index (χ1v) is 7.07. The van der Waals surface area contributed by atoms with Crippen molar-refractivity contribution >= 4 is 5.91 Å². The Morgan fingerprint density at radius 2 is 1.76 bits per heavy atom. The molecule has 0 aliphatic carbocycles. The van der Waals surface area contributed by atoms with E-state index < -0.39 is 0 Å². The largest absolute Gasteiger partial charge is 0.342 e. The highest BCUT2D eigenvalue weighted by Crippen LogP contribution is 2.40. The lowest BCUT2D eigenvalue weighted by Gasteiger charge is -2.38. The lowest BCUT2D eigenvalue weighted by atomic mass is 9.78. The summed E-state index contributed by atoms with van der Waals surface area (Å²) in [6.07, 6.45) is 3.79. The topological polar surface area (TPSA) is 23.6 Å². The van der Waals surface area contributed by atoms with Crippen LogP contribution in [0.3, 0.4) is 0 Å². The Bertz CT molecular complexity index is 280. The van der Waals surface area contributed by atoms with Crippen molar-refractivity contribution in [3.05, 3.63) is 0 Å². The van der Waals surface area contributed by atoms with Gasteiger partial charge in [-0.2, -0.15) is 0 Å². The van der Waals surface area contributed by atoms with Gasteiger partial charge in [0.2, 0.25) is 5.91 Å². The SMILES string of the molecule is CCN1CCC2(CC1)CCN(C(=O)C(C)C)C2. The summed E-state index contributed by atoms with van der Waals surface area (Å²) in [5, 5.41) is 0. The van der Waals surface area contributed by atoms with E-state index in [0.717, 1.165) is 13.1 Å². The Balaban J connectivity index is 1.91. The fourth-order valence-electron chi connectivity index (χ4n) is 3.24. The van der Waals surface area contributed by atoms with Crippen molar-refractivity contribution in [1.82, 2.24) is 9.80 Å². The molecule has 1 amide bonds. The Hall–Kier alpha value is -0.570. The van der Waals surface area contributed by atoms with Gasteiger partial charge in [0.1, 0.15) is 0 Å². The Morgan fingerprint density at radius 3 is 2.29 bits per heavy atom. The first-order valence-electron chi connectivity index (χ1n) is 7.07. The molecule has 0 bridgehead atoms. The van der Waals surface area contributed by atoms with Crippen molar-refractivity contribution in [3.8, 4) is 0 Å². The molecular weight excluding hydrogens is 212 g/mol. The van der Waals surface area contributed by atoms with E-state index in [1.54, 1.807) is 0 Å². The van der Waals surface area contributed by atoms with Gasteiger partial charge in [0.15, 0.2) is 0 Å². The highest BCUT2D eigenvalue weighted by Gasteiger charge is 2.41. The molecule has 0 atom stereocenters. The number of likely N-dealkylation sites (tertiary alicyclic amines) is 2. The first-order chi connectivity index (χ1) is 8.06. The molecule has 3 heteroatoms. The summed E-state index contributed by atoms with van der Waals surface area (Å²) >= 11 is 0. The highest BCUT2D eigenvalue weighted by molar-refractivity contribution is 5.78. The molecule has 1 spiro atoms. The van der Waals surface area contributed by atoms with E-state index in [1.807, 2.05) is 13.8 Å². The maximum absolute atomic E-state index is 12.0. The van der Waals surface area contributed by atoms with Crippen LogP contribution in [-0.4, -0.2) is 48.4 Å². The molecule has 2 heterocycles. The summed E-state index contributed by atoms with van der Waals surface area (Å²) in [4.78, 5) is 16.6. The molecule has 17 heavy (non-hydrogen) atoms. The lowest BCUT2D eigenvalue weighted by molar-refractivity contribution is -0.133. The minimum Gasteiger partial charge on any atom is -0.342 e. The average Bonchev–Trinajstić information content (AvgIpc) is 2.73. The van der Waals surface area contributed by atoms with Gasteiger partial charge in [-0.3, -0.25) is 4.79 Å². The molecule has 2 aliphatic rings. The number of carbonyl (C=O) groups excluding carboxylic acids is 1. The van der Waals surface area contributed by atoms with Crippen molar-refractivity contribution < 1.29 is 4.79 Å². The number of rotatable bonds is 2. The minimum atomic E-state index is 0.154. The molecule has 2 aliphatic heterocycles. The van der Waals surface area contributed by atoms with Crippen LogP contribution >= 0.6 is 0 Å². The first kappa shape index (κ1) is 12.9. The van der Waals surface area contributed by atoms with Crippen molar-refractivity contribution in [2.75, 3.05) is 32.7 Å². The second kappa shape index (κ2) is 4.97. The highest BCUT2D eigenvalue weighted by atomic mass is 16.2. The van der Waals surface area contributed by atoms with Gasteiger partial charge in [-0.15, -0.1) is 0 Å². The van der Waals surface area contributed by atoms with E-state index >= 15 is 0 Å². The second-order valence-electron chi connectivity index (χ2n) is 6.10. The van der Waals surface area contributed by atoms with Crippen LogP contribution in [-0.2, 0) is 4.79 Å². The van der Waals surface area contributed by atoms with Gasteiger partial charge >= 0.3 is 0 Å². The van der Waals surface area contributed by atoms with Gasteiger partial charge < -0.3 is 9.80 Å². The maximum atomic E-state index is 12.0. The molecule has 0 aromatic heterocycles. The normalized spacial score (nSPS) is 24.8. The Labute approximate surface area is 105 Å². The molecular formula is C14H26N2O. The van der Waals surface area contributed by atoms with Gasteiger partial charge in [0.25, 0.3) is 0 Å². The summed E-state index contributed by atoms with van der Waals surface area (Å²) in [5.41, 5.74) is 0.455. The van der Waals surface area contributed by atoms with Crippen molar-refractivity contribution in [2.24, 2.45) is 11.3 Å². The fraction of sp³-hybridized carbons (Fsp3) is 0.929. The predicted octanol–water partition coefficient (Wildman–Crippen LogP) is 1.98. The number of amides is 1. The van der Waals surface area contributed by atoms with Gasteiger partial charge in [-0.1, -0.05) is 20.8 Å². The standard InChI is InChI=1S/C14H26N2O/c1-4-15-8-5-14(6-9-15)7-10-16(11-14)13(17)12(2)3/h12H,4-11H2,1-3H3. The molecule has 0 unspecified atom stereocenters. The minimum absolute atomic E-state index is 0.154. The maximum Gasteiger partial charge on any atom is 0.225 e. The van der Waals surface area contributed by atoms with Crippen LogP contribution in [0.1, 0.15) is 40.0 Å². The summed E-state index contributed by atoms with van der Waals surface area (Å²) in [6, 6.07) is 0. The molecule has 2 rings (SSSR count). The van der Waals surface area contributed by atoms with Crippen LogP contribution < -0.4 is 0 Å². The molecule has 0 saturated carbocycles. The third-order valence-electron chi connectivity index (χ3n) is 4.61. The van der Waals surface area contributed by atoms with Gasteiger partial charge in [0, 0.05) is 19.0 Å². The molecule has 98 valence electrons. The van der Waals surface area contributed by atoms with Crippen LogP contribution in [0.15, 0.2) is 0 Å². The third kappa shape index (κ3) is 2.65.